The van der Waals surface area contributed by atoms with Gasteiger partial charge in [0.25, 0.3) is 5.56 Å². The summed E-state index contributed by atoms with van der Waals surface area (Å²) < 4.78 is 8.76. The average molecular weight is 386 g/mol. The van der Waals surface area contributed by atoms with Gasteiger partial charge in [-0.05, 0) is 43.3 Å². The van der Waals surface area contributed by atoms with Crippen molar-refractivity contribution in [2.75, 3.05) is 11.9 Å². The largest absolute Gasteiger partial charge is 0.493 e. The van der Waals surface area contributed by atoms with E-state index in [4.69, 9.17) is 16.3 Å². The fourth-order valence-corrected chi connectivity index (χ4v) is 2.83. The topological polar surface area (TPSA) is 65.3 Å². The summed E-state index contributed by atoms with van der Waals surface area (Å²) in [6.45, 7) is 1.99. The number of anilines is 1. The van der Waals surface area contributed by atoms with E-state index in [9.17, 15) is 9.59 Å². The van der Waals surface area contributed by atoms with Crippen molar-refractivity contribution in [3.8, 4) is 11.4 Å². The predicted molar refractivity (Wildman–Crippen MR) is 106 cm³/mol. The number of halogens is 1. The number of hydrogen-bond donors (Lipinski definition) is 1. The maximum absolute atomic E-state index is 12.8. The Balaban J connectivity index is 1.67. The van der Waals surface area contributed by atoms with Crippen molar-refractivity contribution in [3.63, 3.8) is 0 Å². The molecule has 140 valence electrons. The van der Waals surface area contributed by atoms with Crippen molar-refractivity contribution in [1.29, 1.82) is 0 Å². The van der Waals surface area contributed by atoms with E-state index in [0.29, 0.717) is 16.5 Å². The molecule has 0 saturated heterocycles. The van der Waals surface area contributed by atoms with E-state index in [2.05, 4.69) is 5.32 Å². The van der Waals surface area contributed by atoms with Crippen LogP contribution in [-0.2, 0) is 11.8 Å². The van der Waals surface area contributed by atoms with Gasteiger partial charge in [0.1, 0.15) is 11.4 Å². The molecule has 7 heteroatoms. The Morgan fingerprint density at radius 3 is 2.44 bits per heavy atom. The van der Waals surface area contributed by atoms with Crippen LogP contribution in [0.2, 0.25) is 5.02 Å². The molecular formula is C20H20ClN3O3. The van der Waals surface area contributed by atoms with E-state index < -0.39 is 0 Å². The molecule has 0 aliphatic carbocycles. The zero-order chi connectivity index (χ0) is 19.4. The Hall–Kier alpha value is -2.99. The van der Waals surface area contributed by atoms with Gasteiger partial charge in [-0.3, -0.25) is 14.3 Å². The Labute approximate surface area is 161 Å². The number of rotatable bonds is 6. The lowest BCUT2D eigenvalue weighted by Crippen LogP contribution is -2.23. The van der Waals surface area contributed by atoms with Gasteiger partial charge in [-0.15, -0.1) is 0 Å². The summed E-state index contributed by atoms with van der Waals surface area (Å²) in [7, 11) is 1.78. The number of carbonyl (C=O) groups excluding carboxylic acids is 1. The molecule has 0 unspecified atom stereocenters. The third kappa shape index (κ3) is 4.23. The van der Waals surface area contributed by atoms with Crippen LogP contribution in [0.1, 0.15) is 12.1 Å². The van der Waals surface area contributed by atoms with Crippen LogP contribution in [0.5, 0.6) is 5.75 Å². The van der Waals surface area contributed by atoms with Gasteiger partial charge in [-0.1, -0.05) is 29.8 Å². The van der Waals surface area contributed by atoms with Gasteiger partial charge < -0.3 is 10.1 Å². The van der Waals surface area contributed by atoms with Gasteiger partial charge in [0, 0.05) is 12.1 Å². The highest BCUT2D eigenvalue weighted by Crippen LogP contribution is 2.16. The molecule has 0 saturated carbocycles. The molecule has 0 aliphatic rings. The lowest BCUT2D eigenvalue weighted by Gasteiger charge is -2.07. The molecule has 1 aromatic heterocycles. The molecule has 3 aromatic rings. The third-order valence-corrected chi connectivity index (χ3v) is 4.48. The second-order valence-electron chi connectivity index (χ2n) is 6.04. The first-order valence-electron chi connectivity index (χ1n) is 8.49. The number of ether oxygens (including phenoxy) is 1. The molecular weight excluding hydrogens is 366 g/mol. The Bertz CT molecular complexity index is 992. The maximum atomic E-state index is 12.8. The van der Waals surface area contributed by atoms with Gasteiger partial charge in [0.05, 0.1) is 24.4 Å². The van der Waals surface area contributed by atoms with Crippen molar-refractivity contribution in [2.45, 2.75) is 13.3 Å². The molecule has 0 fully saturated rings. The first-order valence-corrected chi connectivity index (χ1v) is 8.87. The highest BCUT2D eigenvalue weighted by Gasteiger charge is 2.17. The second-order valence-corrected chi connectivity index (χ2v) is 6.47. The summed E-state index contributed by atoms with van der Waals surface area (Å²) in [6.07, 6.45) is 0.127. The minimum atomic E-state index is -0.282. The molecule has 1 N–H and O–H groups in total. The van der Waals surface area contributed by atoms with E-state index in [1.54, 1.807) is 42.9 Å². The van der Waals surface area contributed by atoms with Crippen LogP contribution < -0.4 is 15.6 Å². The number of para-hydroxylation sites is 1. The molecule has 0 spiro atoms. The van der Waals surface area contributed by atoms with Crippen molar-refractivity contribution < 1.29 is 9.53 Å². The first kappa shape index (κ1) is 18.8. The Morgan fingerprint density at radius 2 is 1.78 bits per heavy atom. The van der Waals surface area contributed by atoms with Crippen molar-refractivity contribution >= 4 is 23.2 Å². The van der Waals surface area contributed by atoms with Crippen LogP contribution >= 0.6 is 11.6 Å². The molecule has 1 amide bonds. The minimum Gasteiger partial charge on any atom is -0.493 e. The molecule has 1 heterocycles. The predicted octanol–water partition coefficient (Wildman–Crippen LogP) is 3.55. The Morgan fingerprint density at radius 1 is 1.11 bits per heavy atom. The molecule has 0 aliphatic heterocycles. The van der Waals surface area contributed by atoms with Gasteiger partial charge >= 0.3 is 0 Å². The second kappa shape index (κ2) is 8.14. The van der Waals surface area contributed by atoms with Crippen LogP contribution in [-0.4, -0.2) is 21.9 Å². The van der Waals surface area contributed by atoms with Gasteiger partial charge in [-0.2, -0.15) is 0 Å². The molecule has 0 atom stereocenters. The van der Waals surface area contributed by atoms with Crippen molar-refractivity contribution in [1.82, 2.24) is 9.36 Å². The third-order valence-electron chi connectivity index (χ3n) is 4.23. The van der Waals surface area contributed by atoms with Crippen molar-refractivity contribution in [3.05, 3.63) is 75.7 Å². The fraction of sp³-hybridized carbons (Fsp3) is 0.200. The van der Waals surface area contributed by atoms with E-state index in [1.807, 2.05) is 30.3 Å². The number of amides is 1. The summed E-state index contributed by atoms with van der Waals surface area (Å²) >= 11 is 5.82. The summed E-state index contributed by atoms with van der Waals surface area (Å²) in [4.78, 5) is 25.0. The zero-order valence-electron chi connectivity index (χ0n) is 15.1. The molecule has 6 nitrogen and oxygen atoms in total. The monoisotopic (exact) mass is 385 g/mol. The van der Waals surface area contributed by atoms with Gasteiger partial charge in [-0.25, -0.2) is 4.68 Å². The smallest absolute Gasteiger partial charge is 0.295 e. The molecule has 2 aromatic carbocycles. The average Bonchev–Trinajstić information content (AvgIpc) is 2.87. The number of benzene rings is 2. The van der Waals surface area contributed by atoms with Crippen LogP contribution in [0.3, 0.4) is 0 Å². The van der Waals surface area contributed by atoms with E-state index in [-0.39, 0.29) is 30.2 Å². The number of aromatic nitrogens is 2. The SMILES string of the molecule is Cc1c(NC(=O)CCOc2ccc(Cl)cc2)c(=O)n(-c2ccccc2)n1C. The minimum absolute atomic E-state index is 0.127. The van der Waals surface area contributed by atoms with E-state index in [1.165, 1.54) is 4.68 Å². The fourth-order valence-electron chi connectivity index (χ4n) is 2.71. The number of carbonyl (C=O) groups is 1. The lowest BCUT2D eigenvalue weighted by atomic mass is 10.3. The lowest BCUT2D eigenvalue weighted by molar-refractivity contribution is -0.116. The Kier molecular flexibility index (Phi) is 5.66. The van der Waals surface area contributed by atoms with Crippen LogP contribution in [0.4, 0.5) is 5.69 Å². The quantitative estimate of drug-likeness (QED) is 0.705. The normalized spacial score (nSPS) is 10.6. The van der Waals surface area contributed by atoms with Crippen LogP contribution in [0, 0.1) is 6.92 Å². The molecule has 0 bridgehead atoms. The molecule has 27 heavy (non-hydrogen) atoms. The zero-order valence-corrected chi connectivity index (χ0v) is 15.9. The van der Waals surface area contributed by atoms with Crippen LogP contribution in [0.15, 0.2) is 59.4 Å². The van der Waals surface area contributed by atoms with E-state index in [0.717, 1.165) is 5.69 Å². The summed E-state index contributed by atoms with van der Waals surface area (Å²) in [5.41, 5.74) is 1.42. The number of nitrogens with zero attached hydrogens (tertiary/aromatic N) is 2. The standard InChI is InChI=1S/C20H20ClN3O3/c1-14-19(20(26)24(23(14)2)16-6-4-3-5-7-16)22-18(25)12-13-27-17-10-8-15(21)9-11-17/h3-11H,12-13H2,1-2H3,(H,22,25). The molecule has 3 rings (SSSR count). The van der Waals surface area contributed by atoms with Gasteiger partial charge in [0.15, 0.2) is 0 Å². The molecule has 0 radical (unpaired) electrons. The maximum Gasteiger partial charge on any atom is 0.295 e. The van der Waals surface area contributed by atoms with E-state index >= 15 is 0 Å². The van der Waals surface area contributed by atoms with Crippen LogP contribution in [0.25, 0.3) is 5.69 Å². The highest BCUT2D eigenvalue weighted by molar-refractivity contribution is 6.30. The van der Waals surface area contributed by atoms with Gasteiger partial charge in [0.2, 0.25) is 5.91 Å². The number of hydrogen-bond acceptors (Lipinski definition) is 3. The van der Waals surface area contributed by atoms with Crippen molar-refractivity contribution in [2.24, 2.45) is 7.05 Å². The highest BCUT2D eigenvalue weighted by atomic mass is 35.5. The summed E-state index contributed by atoms with van der Waals surface area (Å²) in [5.74, 6) is 0.351. The first-order chi connectivity index (χ1) is 13.0. The number of nitrogens with one attached hydrogen (secondary N) is 1. The summed E-state index contributed by atoms with van der Waals surface area (Å²) in [5, 5.41) is 3.33. The summed E-state index contributed by atoms with van der Waals surface area (Å²) in [6, 6.07) is 16.2.